The van der Waals surface area contributed by atoms with Crippen LogP contribution in [0.2, 0.25) is 0 Å². The zero-order valence-electron chi connectivity index (χ0n) is 19.8. The topological polar surface area (TPSA) is 61.4 Å². The molecule has 1 atom stereocenters. The molecule has 0 saturated carbocycles. The second-order valence-electron chi connectivity index (χ2n) is 8.50. The number of amides is 1. The summed E-state index contributed by atoms with van der Waals surface area (Å²) in [5.74, 6) is 0.0842. The van der Waals surface area contributed by atoms with Gasteiger partial charge in [-0.25, -0.2) is 0 Å². The summed E-state index contributed by atoms with van der Waals surface area (Å²) >= 11 is 0. The Morgan fingerprint density at radius 1 is 0.853 bits per heavy atom. The molecule has 2 N–H and O–H groups in total. The van der Waals surface area contributed by atoms with Gasteiger partial charge in [-0.15, -0.1) is 0 Å². The summed E-state index contributed by atoms with van der Waals surface area (Å²) in [5.41, 5.74) is 5.17. The molecule has 0 saturated heterocycles. The molecule has 0 aromatic heterocycles. The quantitative estimate of drug-likeness (QED) is 0.425. The minimum absolute atomic E-state index is 0.109. The van der Waals surface area contributed by atoms with E-state index in [0.29, 0.717) is 17.7 Å². The van der Waals surface area contributed by atoms with Crippen LogP contribution in [0.4, 0.5) is 17.1 Å². The first kappa shape index (κ1) is 23.3. The van der Waals surface area contributed by atoms with Gasteiger partial charge in [-0.05, 0) is 68.1 Å². The number of para-hydroxylation sites is 2. The van der Waals surface area contributed by atoms with Crippen LogP contribution in [0, 0.1) is 0 Å². The first-order valence-electron chi connectivity index (χ1n) is 11.9. The fourth-order valence-electron chi connectivity index (χ4n) is 4.42. The number of nitrogens with one attached hydrogen (secondary N) is 2. The van der Waals surface area contributed by atoms with Crippen LogP contribution in [0.3, 0.4) is 0 Å². The number of hydrogen-bond acceptors (Lipinski definition) is 4. The van der Waals surface area contributed by atoms with E-state index in [1.807, 2.05) is 66.7 Å². The normalized spacial score (nSPS) is 15.4. The van der Waals surface area contributed by atoms with Crippen LogP contribution < -0.4 is 15.5 Å². The van der Waals surface area contributed by atoms with E-state index in [9.17, 15) is 9.59 Å². The Morgan fingerprint density at radius 3 is 2.18 bits per heavy atom. The minimum atomic E-state index is -0.170. The van der Waals surface area contributed by atoms with E-state index in [0.717, 1.165) is 42.1 Å². The molecule has 1 amide bonds. The smallest absolute Gasteiger partial charge is 0.255 e. The molecule has 5 heteroatoms. The van der Waals surface area contributed by atoms with E-state index in [2.05, 4.69) is 41.5 Å². The molecule has 1 aliphatic carbocycles. The molecule has 1 unspecified atom stereocenters. The summed E-state index contributed by atoms with van der Waals surface area (Å²) in [5, 5.41) is 6.41. The molecule has 0 bridgehead atoms. The molecule has 174 valence electrons. The molecule has 3 aromatic carbocycles. The average molecular weight is 454 g/mol. The fourth-order valence-corrected chi connectivity index (χ4v) is 4.42. The van der Waals surface area contributed by atoms with Crippen LogP contribution in [-0.4, -0.2) is 24.8 Å². The highest BCUT2D eigenvalue weighted by atomic mass is 16.1. The van der Waals surface area contributed by atoms with Gasteiger partial charge in [0.05, 0.1) is 11.4 Å². The van der Waals surface area contributed by atoms with Gasteiger partial charge in [0.2, 0.25) is 0 Å². The summed E-state index contributed by atoms with van der Waals surface area (Å²) < 4.78 is 0. The van der Waals surface area contributed by atoms with Gasteiger partial charge < -0.3 is 15.5 Å². The third kappa shape index (κ3) is 5.54. The number of allylic oxidation sites excluding steroid dienone is 2. The molecule has 0 spiro atoms. The molecule has 4 rings (SSSR count). The Balaban J connectivity index is 1.48. The lowest BCUT2D eigenvalue weighted by Gasteiger charge is -2.24. The lowest BCUT2D eigenvalue weighted by Crippen LogP contribution is -2.22. The van der Waals surface area contributed by atoms with Crippen LogP contribution in [0.15, 0.2) is 90.6 Å². The lowest BCUT2D eigenvalue weighted by molar-refractivity contribution is -0.115. The Labute approximate surface area is 201 Å². The summed E-state index contributed by atoms with van der Waals surface area (Å²) in [4.78, 5) is 27.6. The van der Waals surface area contributed by atoms with E-state index in [1.165, 1.54) is 0 Å². The third-order valence-electron chi connectivity index (χ3n) is 6.25. The van der Waals surface area contributed by atoms with Gasteiger partial charge in [-0.1, -0.05) is 42.5 Å². The summed E-state index contributed by atoms with van der Waals surface area (Å²) in [6.07, 6.45) is 2.94. The van der Waals surface area contributed by atoms with Crippen LogP contribution >= 0.6 is 0 Å². The Hall–Kier alpha value is -3.86. The molecule has 0 heterocycles. The van der Waals surface area contributed by atoms with Crippen molar-refractivity contribution in [3.8, 4) is 0 Å². The SMILES string of the molecule is CCN(CC)c1ccc(C(=O)Nc2ccccc2NC2=CC(=O)CC(c3ccccc3)C2)cc1. The van der Waals surface area contributed by atoms with Gasteiger partial charge >= 0.3 is 0 Å². The number of carbonyl (C=O) groups excluding carboxylic acids is 2. The number of carbonyl (C=O) groups is 2. The minimum Gasteiger partial charge on any atom is -0.372 e. The van der Waals surface area contributed by atoms with Crippen molar-refractivity contribution in [2.75, 3.05) is 28.6 Å². The van der Waals surface area contributed by atoms with Crippen molar-refractivity contribution in [3.63, 3.8) is 0 Å². The second kappa shape index (κ2) is 10.8. The van der Waals surface area contributed by atoms with E-state index < -0.39 is 0 Å². The highest BCUT2D eigenvalue weighted by Crippen LogP contribution is 2.33. The van der Waals surface area contributed by atoms with Crippen LogP contribution in [0.5, 0.6) is 0 Å². The zero-order chi connectivity index (χ0) is 23.9. The first-order valence-corrected chi connectivity index (χ1v) is 11.9. The fraction of sp³-hybridized carbons (Fsp3) is 0.241. The molecule has 0 radical (unpaired) electrons. The molecular weight excluding hydrogens is 422 g/mol. The monoisotopic (exact) mass is 453 g/mol. The van der Waals surface area contributed by atoms with Gasteiger partial charge in [0.25, 0.3) is 5.91 Å². The maximum absolute atomic E-state index is 12.9. The largest absolute Gasteiger partial charge is 0.372 e. The van der Waals surface area contributed by atoms with Gasteiger partial charge in [0.15, 0.2) is 5.78 Å². The molecule has 0 fully saturated rings. The zero-order valence-corrected chi connectivity index (χ0v) is 19.8. The van der Waals surface area contributed by atoms with Crippen molar-refractivity contribution in [1.82, 2.24) is 0 Å². The van der Waals surface area contributed by atoms with Crippen LogP contribution in [-0.2, 0) is 4.79 Å². The number of ketones is 1. The molecule has 3 aromatic rings. The predicted octanol–water partition coefficient (Wildman–Crippen LogP) is 6.23. The Kier molecular flexibility index (Phi) is 7.43. The number of rotatable bonds is 8. The standard InChI is InChI=1S/C29H31N3O2/c1-3-32(4-2)25-16-14-22(15-17-25)29(34)31-28-13-9-8-12-27(28)30-24-18-23(19-26(33)20-24)21-10-6-5-7-11-21/h5-17,20,23,30H,3-4,18-19H2,1-2H3,(H,31,34). The average Bonchev–Trinajstić information content (AvgIpc) is 2.86. The summed E-state index contributed by atoms with van der Waals surface area (Å²) in [6, 6.07) is 25.4. The van der Waals surface area contributed by atoms with Gasteiger partial charge in [-0.3, -0.25) is 9.59 Å². The van der Waals surface area contributed by atoms with Crippen LogP contribution in [0.1, 0.15) is 48.5 Å². The highest BCUT2D eigenvalue weighted by Gasteiger charge is 2.22. The maximum Gasteiger partial charge on any atom is 0.255 e. The van der Waals surface area contributed by atoms with E-state index in [4.69, 9.17) is 0 Å². The maximum atomic E-state index is 12.9. The van der Waals surface area contributed by atoms with E-state index >= 15 is 0 Å². The predicted molar refractivity (Wildman–Crippen MR) is 140 cm³/mol. The first-order chi connectivity index (χ1) is 16.6. The van der Waals surface area contributed by atoms with E-state index in [1.54, 1.807) is 6.08 Å². The molecule has 0 aliphatic heterocycles. The van der Waals surface area contributed by atoms with Crippen molar-refractivity contribution in [3.05, 3.63) is 102 Å². The van der Waals surface area contributed by atoms with Gasteiger partial charge in [0, 0.05) is 42.5 Å². The number of hydrogen-bond donors (Lipinski definition) is 2. The summed E-state index contributed by atoms with van der Waals surface area (Å²) in [7, 11) is 0. The number of anilines is 3. The molecule has 5 nitrogen and oxygen atoms in total. The van der Waals surface area contributed by atoms with Crippen LogP contribution in [0.25, 0.3) is 0 Å². The second-order valence-corrected chi connectivity index (χ2v) is 8.50. The molecule has 1 aliphatic rings. The Bertz CT molecular complexity index is 1170. The van der Waals surface area contributed by atoms with E-state index in [-0.39, 0.29) is 17.6 Å². The van der Waals surface area contributed by atoms with Crippen molar-refractivity contribution >= 4 is 28.8 Å². The van der Waals surface area contributed by atoms with Crippen molar-refractivity contribution in [1.29, 1.82) is 0 Å². The lowest BCUT2D eigenvalue weighted by atomic mass is 9.85. The van der Waals surface area contributed by atoms with Gasteiger partial charge in [-0.2, -0.15) is 0 Å². The third-order valence-corrected chi connectivity index (χ3v) is 6.25. The molecular formula is C29H31N3O2. The highest BCUT2D eigenvalue weighted by molar-refractivity contribution is 6.06. The number of benzene rings is 3. The summed E-state index contributed by atoms with van der Waals surface area (Å²) in [6.45, 7) is 6.08. The Morgan fingerprint density at radius 2 is 1.50 bits per heavy atom. The van der Waals surface area contributed by atoms with Gasteiger partial charge in [0.1, 0.15) is 0 Å². The van der Waals surface area contributed by atoms with Crippen molar-refractivity contribution in [2.45, 2.75) is 32.6 Å². The number of nitrogens with zero attached hydrogens (tertiary/aromatic N) is 1. The molecule has 34 heavy (non-hydrogen) atoms. The van der Waals surface area contributed by atoms with Crippen molar-refractivity contribution < 1.29 is 9.59 Å². The van der Waals surface area contributed by atoms with Crippen molar-refractivity contribution in [2.24, 2.45) is 0 Å².